The van der Waals surface area contributed by atoms with Crippen molar-refractivity contribution in [2.24, 2.45) is 7.05 Å². The molecule has 1 aromatic carbocycles. The lowest BCUT2D eigenvalue weighted by Crippen LogP contribution is -2.12. The number of nitrogens with one attached hydrogen (secondary N) is 1. The number of anilines is 1. The quantitative estimate of drug-likeness (QED) is 0.873. The molecule has 86 valence electrons. The van der Waals surface area contributed by atoms with Crippen molar-refractivity contribution in [2.45, 2.75) is 0 Å². The van der Waals surface area contributed by atoms with Crippen LogP contribution >= 0.6 is 0 Å². The van der Waals surface area contributed by atoms with Crippen LogP contribution in [-0.2, 0) is 17.8 Å². The summed E-state index contributed by atoms with van der Waals surface area (Å²) in [5, 5.41) is 3.19. The molecule has 0 saturated heterocycles. The third-order valence-electron chi connectivity index (χ3n) is 2.46. The van der Waals surface area contributed by atoms with E-state index >= 15 is 0 Å². The van der Waals surface area contributed by atoms with Gasteiger partial charge in [-0.25, -0.2) is 4.98 Å². The van der Waals surface area contributed by atoms with Crippen LogP contribution in [-0.4, -0.2) is 32.3 Å². The van der Waals surface area contributed by atoms with Crippen LogP contribution in [0.5, 0.6) is 0 Å². The second-order valence-electron chi connectivity index (χ2n) is 3.69. The summed E-state index contributed by atoms with van der Waals surface area (Å²) in [6, 6.07) is 7.99. The summed E-state index contributed by atoms with van der Waals surface area (Å²) in [5.74, 6) is 1.47. The lowest BCUT2D eigenvalue weighted by molar-refractivity contribution is 0.686. The molecule has 1 unspecified atom stereocenters. The molecule has 2 aromatic rings. The van der Waals surface area contributed by atoms with E-state index in [1.54, 1.807) is 6.26 Å². The number of nitrogens with zero attached hydrogens (tertiary/aromatic N) is 2. The molecule has 4 nitrogen and oxygen atoms in total. The van der Waals surface area contributed by atoms with E-state index in [0.717, 1.165) is 17.0 Å². The molecule has 0 spiro atoms. The third kappa shape index (κ3) is 2.24. The van der Waals surface area contributed by atoms with Gasteiger partial charge in [-0.2, -0.15) is 0 Å². The van der Waals surface area contributed by atoms with Crippen LogP contribution in [0, 0.1) is 0 Å². The second-order valence-corrected chi connectivity index (χ2v) is 5.24. The monoisotopic (exact) mass is 237 g/mol. The fraction of sp³-hybridized carbons (Fsp3) is 0.364. The molecule has 0 bridgehead atoms. The van der Waals surface area contributed by atoms with Crippen LogP contribution in [0.15, 0.2) is 24.3 Å². The standard InChI is InChI=1S/C11H15N3OS/c1-14-10-6-4-3-5-9(10)13-11(14)12-7-8-16(2)15/h3-6H,7-8H2,1-2H3,(H,12,13). The smallest absolute Gasteiger partial charge is 0.203 e. The Bertz CT molecular complexity index is 521. The van der Waals surface area contributed by atoms with Gasteiger partial charge in [0.1, 0.15) is 0 Å². The highest BCUT2D eigenvalue weighted by molar-refractivity contribution is 7.84. The van der Waals surface area contributed by atoms with Gasteiger partial charge in [0.2, 0.25) is 5.95 Å². The first kappa shape index (κ1) is 11.1. The Morgan fingerprint density at radius 1 is 1.44 bits per heavy atom. The van der Waals surface area contributed by atoms with Gasteiger partial charge in [0.25, 0.3) is 0 Å². The average molecular weight is 237 g/mol. The lowest BCUT2D eigenvalue weighted by Gasteiger charge is -2.04. The minimum absolute atomic E-state index is 0.642. The minimum Gasteiger partial charge on any atom is -0.355 e. The summed E-state index contributed by atoms with van der Waals surface area (Å²) in [6.07, 6.45) is 1.70. The number of hydrogen-bond donors (Lipinski definition) is 1. The van der Waals surface area contributed by atoms with Gasteiger partial charge in [0, 0.05) is 36.4 Å². The maximum Gasteiger partial charge on any atom is 0.203 e. The molecule has 5 heteroatoms. The second kappa shape index (κ2) is 4.65. The van der Waals surface area contributed by atoms with Gasteiger partial charge < -0.3 is 9.88 Å². The molecular formula is C11H15N3OS. The Labute approximate surface area is 97.1 Å². The molecule has 16 heavy (non-hydrogen) atoms. The molecule has 1 aromatic heterocycles. The summed E-state index contributed by atoms with van der Waals surface area (Å²) in [4.78, 5) is 4.46. The molecule has 0 saturated carbocycles. The van der Waals surface area contributed by atoms with Crippen molar-refractivity contribution in [3.8, 4) is 0 Å². The van der Waals surface area contributed by atoms with Gasteiger partial charge in [-0.05, 0) is 12.1 Å². The fourth-order valence-corrected chi connectivity index (χ4v) is 2.00. The zero-order valence-electron chi connectivity index (χ0n) is 9.43. The summed E-state index contributed by atoms with van der Waals surface area (Å²) in [6.45, 7) is 0.681. The van der Waals surface area contributed by atoms with E-state index in [0.29, 0.717) is 12.3 Å². The number of benzene rings is 1. The molecule has 1 heterocycles. The van der Waals surface area contributed by atoms with Gasteiger partial charge in [0.15, 0.2) is 0 Å². The minimum atomic E-state index is -0.763. The van der Waals surface area contributed by atoms with Crippen LogP contribution in [0.3, 0.4) is 0 Å². The molecule has 0 amide bonds. The van der Waals surface area contributed by atoms with E-state index in [4.69, 9.17) is 0 Å². The number of imidazole rings is 1. The molecule has 0 aliphatic carbocycles. The highest BCUT2D eigenvalue weighted by atomic mass is 32.2. The van der Waals surface area contributed by atoms with Crippen LogP contribution in [0.4, 0.5) is 5.95 Å². The summed E-state index contributed by atoms with van der Waals surface area (Å²) >= 11 is 0. The van der Waals surface area contributed by atoms with E-state index < -0.39 is 10.8 Å². The molecule has 1 atom stereocenters. The molecule has 2 rings (SSSR count). The molecule has 0 radical (unpaired) electrons. The van der Waals surface area contributed by atoms with Gasteiger partial charge in [0.05, 0.1) is 11.0 Å². The summed E-state index contributed by atoms with van der Waals surface area (Å²) in [7, 11) is 1.21. The van der Waals surface area contributed by atoms with E-state index in [1.807, 2.05) is 35.9 Å². The Hall–Kier alpha value is -1.36. The van der Waals surface area contributed by atoms with Crippen LogP contribution < -0.4 is 5.32 Å². The Kier molecular flexibility index (Phi) is 3.24. The molecular weight excluding hydrogens is 222 g/mol. The van der Waals surface area contributed by atoms with E-state index in [1.165, 1.54) is 0 Å². The zero-order valence-corrected chi connectivity index (χ0v) is 10.3. The summed E-state index contributed by atoms with van der Waals surface area (Å²) in [5.41, 5.74) is 2.08. The zero-order chi connectivity index (χ0) is 11.5. The van der Waals surface area contributed by atoms with E-state index in [9.17, 15) is 4.21 Å². The van der Waals surface area contributed by atoms with Gasteiger partial charge in [-0.1, -0.05) is 12.1 Å². The van der Waals surface area contributed by atoms with Crippen LogP contribution in [0.1, 0.15) is 0 Å². The van der Waals surface area contributed by atoms with Crippen LogP contribution in [0.2, 0.25) is 0 Å². The van der Waals surface area contributed by atoms with E-state index in [-0.39, 0.29) is 0 Å². The highest BCUT2D eigenvalue weighted by Gasteiger charge is 2.05. The number of para-hydroxylation sites is 2. The Balaban J connectivity index is 2.18. The number of fused-ring (bicyclic) bond motifs is 1. The van der Waals surface area contributed by atoms with Crippen molar-refractivity contribution < 1.29 is 4.21 Å². The predicted octanol–water partition coefficient (Wildman–Crippen LogP) is 1.36. The first-order chi connectivity index (χ1) is 7.68. The lowest BCUT2D eigenvalue weighted by atomic mass is 10.3. The van der Waals surface area contributed by atoms with Crippen molar-refractivity contribution in [3.05, 3.63) is 24.3 Å². The first-order valence-corrected chi connectivity index (χ1v) is 6.86. The van der Waals surface area contributed by atoms with Gasteiger partial charge in [-0.15, -0.1) is 0 Å². The number of aromatic nitrogens is 2. The number of hydrogen-bond acceptors (Lipinski definition) is 3. The van der Waals surface area contributed by atoms with Gasteiger partial charge >= 0.3 is 0 Å². The fourth-order valence-electron chi connectivity index (χ4n) is 1.61. The predicted molar refractivity (Wildman–Crippen MR) is 68.1 cm³/mol. The molecule has 0 aliphatic heterocycles. The average Bonchev–Trinajstić information content (AvgIpc) is 2.56. The van der Waals surface area contributed by atoms with Crippen molar-refractivity contribution in [1.29, 1.82) is 0 Å². The maximum atomic E-state index is 10.9. The van der Waals surface area contributed by atoms with Crippen molar-refractivity contribution in [1.82, 2.24) is 9.55 Å². The summed E-state index contributed by atoms with van der Waals surface area (Å²) < 4.78 is 12.9. The van der Waals surface area contributed by atoms with Crippen LogP contribution in [0.25, 0.3) is 11.0 Å². The maximum absolute atomic E-state index is 10.9. The molecule has 1 N–H and O–H groups in total. The number of rotatable bonds is 4. The third-order valence-corrected chi connectivity index (χ3v) is 3.24. The molecule has 0 aliphatic rings. The SMILES string of the molecule is Cn1c(NCCS(C)=O)nc2ccccc21. The largest absolute Gasteiger partial charge is 0.355 e. The molecule has 0 fully saturated rings. The van der Waals surface area contributed by atoms with Crippen molar-refractivity contribution in [3.63, 3.8) is 0 Å². The van der Waals surface area contributed by atoms with Crippen molar-refractivity contribution in [2.75, 3.05) is 23.9 Å². The topological polar surface area (TPSA) is 46.9 Å². The van der Waals surface area contributed by atoms with Crippen molar-refractivity contribution >= 4 is 27.8 Å². The van der Waals surface area contributed by atoms with Gasteiger partial charge in [-0.3, -0.25) is 4.21 Å². The first-order valence-electron chi connectivity index (χ1n) is 5.14. The Morgan fingerprint density at radius 3 is 2.88 bits per heavy atom. The highest BCUT2D eigenvalue weighted by Crippen LogP contribution is 2.16. The Morgan fingerprint density at radius 2 is 2.19 bits per heavy atom. The number of aryl methyl sites for hydroxylation is 1. The normalized spacial score (nSPS) is 12.9. The van der Waals surface area contributed by atoms with E-state index in [2.05, 4.69) is 10.3 Å².